The fourth-order valence-corrected chi connectivity index (χ4v) is 3.57. The number of thioether (sulfide) groups is 1. The number of rotatable bonds is 7. The molecule has 2 aromatic rings. The highest BCUT2D eigenvalue weighted by Crippen LogP contribution is 2.23. The average molecular weight is 368 g/mol. The van der Waals surface area contributed by atoms with Gasteiger partial charge in [0.15, 0.2) is 0 Å². The zero-order valence-electron chi connectivity index (χ0n) is 15.8. The van der Waals surface area contributed by atoms with E-state index in [4.69, 9.17) is 0 Å². The minimum absolute atomic E-state index is 0.0429. The summed E-state index contributed by atoms with van der Waals surface area (Å²) in [6, 6.07) is 12.6. The molecule has 1 amide bonds. The first kappa shape index (κ1) is 20.0. The standard InChI is InChI=1S/C21H25N3OS/c1-14(2)18-7-5-17(6-8-18)9-10-23-20(25)13-26-21-19(12-22)15(3)11-16(4)24-21/h5-8,11,14H,9-10,13H2,1-4H3,(H,23,25). The number of carbonyl (C=O) groups excluding carboxylic acids is 1. The van der Waals surface area contributed by atoms with E-state index in [0.717, 1.165) is 17.7 Å². The highest BCUT2D eigenvalue weighted by Gasteiger charge is 2.11. The summed E-state index contributed by atoms with van der Waals surface area (Å²) in [5.41, 5.74) is 4.84. The number of benzene rings is 1. The maximum atomic E-state index is 12.1. The van der Waals surface area contributed by atoms with E-state index in [1.807, 2.05) is 19.9 Å². The number of pyridine rings is 1. The number of nitriles is 1. The third-order valence-corrected chi connectivity index (χ3v) is 5.12. The van der Waals surface area contributed by atoms with Crippen LogP contribution in [0.1, 0.15) is 47.7 Å². The van der Waals surface area contributed by atoms with E-state index in [9.17, 15) is 10.1 Å². The van der Waals surface area contributed by atoms with Crippen LogP contribution in [0.2, 0.25) is 0 Å². The lowest BCUT2D eigenvalue weighted by Gasteiger charge is -2.09. The lowest BCUT2D eigenvalue weighted by Crippen LogP contribution is -2.27. The van der Waals surface area contributed by atoms with E-state index in [2.05, 4.69) is 54.5 Å². The normalized spacial score (nSPS) is 10.6. The van der Waals surface area contributed by atoms with Crippen LogP contribution in [-0.2, 0) is 11.2 Å². The third kappa shape index (κ3) is 5.60. The van der Waals surface area contributed by atoms with Crippen molar-refractivity contribution in [2.45, 2.75) is 45.1 Å². The van der Waals surface area contributed by atoms with Crippen LogP contribution in [0.25, 0.3) is 0 Å². The fourth-order valence-electron chi connectivity index (χ4n) is 2.64. The Morgan fingerprint density at radius 2 is 1.96 bits per heavy atom. The number of carbonyl (C=O) groups is 1. The molecule has 0 atom stereocenters. The molecular formula is C21H25N3OS. The van der Waals surface area contributed by atoms with Crippen LogP contribution in [0.5, 0.6) is 0 Å². The van der Waals surface area contributed by atoms with Gasteiger partial charge in [0, 0.05) is 12.2 Å². The van der Waals surface area contributed by atoms with Gasteiger partial charge in [-0.3, -0.25) is 4.79 Å². The number of aromatic nitrogens is 1. The average Bonchev–Trinajstić information content (AvgIpc) is 2.60. The van der Waals surface area contributed by atoms with Gasteiger partial charge in [-0.15, -0.1) is 0 Å². The third-order valence-electron chi connectivity index (χ3n) is 4.15. The molecule has 1 aromatic carbocycles. The smallest absolute Gasteiger partial charge is 0.230 e. The Hall–Kier alpha value is -2.32. The van der Waals surface area contributed by atoms with Gasteiger partial charge >= 0.3 is 0 Å². The second-order valence-electron chi connectivity index (χ2n) is 6.66. The van der Waals surface area contributed by atoms with Gasteiger partial charge < -0.3 is 5.32 Å². The summed E-state index contributed by atoms with van der Waals surface area (Å²) in [5, 5.41) is 12.8. The van der Waals surface area contributed by atoms with Crippen LogP contribution < -0.4 is 5.32 Å². The molecular weight excluding hydrogens is 342 g/mol. The summed E-state index contributed by atoms with van der Waals surface area (Å²) >= 11 is 1.31. The van der Waals surface area contributed by atoms with E-state index in [1.165, 1.54) is 22.9 Å². The lowest BCUT2D eigenvalue weighted by molar-refractivity contribution is -0.118. The summed E-state index contributed by atoms with van der Waals surface area (Å²) in [4.78, 5) is 16.5. The van der Waals surface area contributed by atoms with Crippen molar-refractivity contribution >= 4 is 17.7 Å². The molecule has 0 unspecified atom stereocenters. The molecule has 0 saturated heterocycles. The van der Waals surface area contributed by atoms with Crippen molar-refractivity contribution in [3.63, 3.8) is 0 Å². The number of hydrogen-bond acceptors (Lipinski definition) is 4. The Labute approximate surface area is 160 Å². The molecule has 136 valence electrons. The van der Waals surface area contributed by atoms with Crippen LogP contribution in [0.3, 0.4) is 0 Å². The van der Waals surface area contributed by atoms with Gasteiger partial charge in [0.1, 0.15) is 11.1 Å². The lowest BCUT2D eigenvalue weighted by atomic mass is 10.0. The van der Waals surface area contributed by atoms with E-state index in [1.54, 1.807) is 0 Å². The van der Waals surface area contributed by atoms with E-state index >= 15 is 0 Å². The monoisotopic (exact) mass is 367 g/mol. The summed E-state index contributed by atoms with van der Waals surface area (Å²) < 4.78 is 0. The Balaban J connectivity index is 1.82. The zero-order chi connectivity index (χ0) is 19.1. The summed E-state index contributed by atoms with van der Waals surface area (Å²) in [7, 11) is 0. The van der Waals surface area contributed by atoms with Crippen LogP contribution in [0, 0.1) is 25.2 Å². The van der Waals surface area contributed by atoms with Gasteiger partial charge in [0.2, 0.25) is 5.91 Å². The van der Waals surface area contributed by atoms with Crippen LogP contribution in [0.4, 0.5) is 0 Å². The molecule has 1 heterocycles. The summed E-state index contributed by atoms with van der Waals surface area (Å²) in [5.74, 6) is 0.744. The quantitative estimate of drug-likeness (QED) is 0.747. The number of nitrogens with one attached hydrogen (secondary N) is 1. The van der Waals surface area contributed by atoms with Crippen LogP contribution in [0.15, 0.2) is 35.4 Å². The van der Waals surface area contributed by atoms with Gasteiger partial charge in [-0.1, -0.05) is 49.9 Å². The molecule has 0 saturated carbocycles. The Bertz CT molecular complexity index is 807. The van der Waals surface area contributed by atoms with E-state index < -0.39 is 0 Å². The first-order valence-electron chi connectivity index (χ1n) is 8.77. The van der Waals surface area contributed by atoms with Crippen molar-refractivity contribution < 1.29 is 4.79 Å². The fraction of sp³-hybridized carbons (Fsp3) is 0.381. The Kier molecular flexibility index (Phi) is 7.23. The van der Waals surface area contributed by atoms with Crippen molar-refractivity contribution in [2.24, 2.45) is 0 Å². The molecule has 5 heteroatoms. The second kappa shape index (κ2) is 9.40. The van der Waals surface area contributed by atoms with Gasteiger partial charge in [0.05, 0.1) is 11.3 Å². The topological polar surface area (TPSA) is 65.8 Å². The van der Waals surface area contributed by atoms with E-state index in [0.29, 0.717) is 23.1 Å². The molecule has 4 nitrogen and oxygen atoms in total. The molecule has 0 radical (unpaired) electrons. The van der Waals surface area contributed by atoms with Crippen molar-refractivity contribution in [3.8, 4) is 6.07 Å². The molecule has 26 heavy (non-hydrogen) atoms. The summed E-state index contributed by atoms with van der Waals surface area (Å²) in [6.07, 6.45) is 0.806. The van der Waals surface area contributed by atoms with Crippen molar-refractivity contribution in [3.05, 3.63) is 58.3 Å². The molecule has 0 aliphatic heterocycles. The first-order valence-corrected chi connectivity index (χ1v) is 9.76. The number of aryl methyl sites for hydroxylation is 2. The minimum Gasteiger partial charge on any atom is -0.355 e. The largest absolute Gasteiger partial charge is 0.355 e. The maximum Gasteiger partial charge on any atom is 0.230 e. The predicted molar refractivity (Wildman–Crippen MR) is 106 cm³/mol. The van der Waals surface area contributed by atoms with Gasteiger partial charge in [-0.25, -0.2) is 4.98 Å². The highest BCUT2D eigenvalue weighted by atomic mass is 32.2. The highest BCUT2D eigenvalue weighted by molar-refractivity contribution is 8.00. The molecule has 2 rings (SSSR count). The molecule has 1 N–H and O–H groups in total. The molecule has 0 aliphatic carbocycles. The minimum atomic E-state index is -0.0429. The molecule has 0 bridgehead atoms. The number of amides is 1. The van der Waals surface area contributed by atoms with Crippen LogP contribution in [-0.4, -0.2) is 23.2 Å². The van der Waals surface area contributed by atoms with E-state index in [-0.39, 0.29) is 11.7 Å². The second-order valence-corrected chi connectivity index (χ2v) is 7.62. The van der Waals surface area contributed by atoms with Crippen LogP contribution >= 0.6 is 11.8 Å². The summed E-state index contributed by atoms with van der Waals surface area (Å²) in [6.45, 7) is 8.74. The molecule has 0 spiro atoms. The maximum absolute atomic E-state index is 12.1. The first-order chi connectivity index (χ1) is 12.4. The van der Waals surface area contributed by atoms with Gasteiger partial charge in [-0.05, 0) is 48.9 Å². The number of nitrogens with zero attached hydrogens (tertiary/aromatic N) is 2. The SMILES string of the molecule is Cc1cc(C)c(C#N)c(SCC(=O)NCCc2ccc(C(C)C)cc2)n1. The number of hydrogen-bond donors (Lipinski definition) is 1. The van der Waals surface area contributed by atoms with Gasteiger partial charge in [-0.2, -0.15) is 5.26 Å². The Morgan fingerprint density at radius 3 is 2.58 bits per heavy atom. The van der Waals surface area contributed by atoms with Crippen molar-refractivity contribution in [1.29, 1.82) is 5.26 Å². The zero-order valence-corrected chi connectivity index (χ0v) is 16.6. The van der Waals surface area contributed by atoms with Gasteiger partial charge in [0.25, 0.3) is 0 Å². The molecule has 1 aromatic heterocycles. The Morgan fingerprint density at radius 1 is 1.27 bits per heavy atom. The predicted octanol–water partition coefficient (Wildman–Crippen LogP) is 4.14. The molecule has 0 fully saturated rings. The molecule has 0 aliphatic rings. The van der Waals surface area contributed by atoms with Crippen molar-refractivity contribution in [2.75, 3.05) is 12.3 Å². The van der Waals surface area contributed by atoms with Crippen molar-refractivity contribution in [1.82, 2.24) is 10.3 Å².